The van der Waals surface area contributed by atoms with Gasteiger partial charge in [-0.25, -0.2) is 4.79 Å². The summed E-state index contributed by atoms with van der Waals surface area (Å²) in [6.07, 6.45) is 3.35. The number of hydrogen-bond donors (Lipinski definition) is 0. The molecule has 2 rings (SSSR count). The molecule has 1 aliphatic rings. The first-order valence-electron chi connectivity index (χ1n) is 8.82. The topological polar surface area (TPSA) is 74.3 Å². The monoisotopic (exact) mass is 365 g/mol. The van der Waals surface area contributed by atoms with Crippen LogP contribution in [-0.2, 0) is 9.53 Å². The summed E-state index contributed by atoms with van der Waals surface area (Å²) in [6, 6.07) is 3.13. The number of ether oxygens (including phenoxy) is 4. The van der Waals surface area contributed by atoms with E-state index in [4.69, 9.17) is 18.9 Å². The fraction of sp³-hybridized carbons (Fsp3) is 0.579. The number of carbonyl (C=O) groups excluding carboxylic acids is 2. The Morgan fingerprint density at radius 1 is 0.923 bits per heavy atom. The Kier molecular flexibility index (Phi) is 7.12. The highest BCUT2D eigenvalue weighted by molar-refractivity contribution is 5.96. The van der Waals surface area contributed by atoms with Crippen molar-refractivity contribution in [2.45, 2.75) is 38.7 Å². The molecule has 1 unspecified atom stereocenters. The Morgan fingerprint density at radius 3 is 2.08 bits per heavy atom. The Hall–Kier alpha value is -2.44. The molecule has 1 fully saturated rings. The lowest BCUT2D eigenvalue weighted by Crippen LogP contribution is -2.40. The lowest BCUT2D eigenvalue weighted by atomic mass is 10.1. The minimum Gasteiger partial charge on any atom is -0.493 e. The van der Waals surface area contributed by atoms with E-state index in [1.807, 2.05) is 0 Å². The van der Waals surface area contributed by atoms with Gasteiger partial charge in [-0.2, -0.15) is 0 Å². The number of methoxy groups -OCH3 is 3. The number of nitrogens with zero attached hydrogens (tertiary/aromatic N) is 1. The molecule has 1 aromatic carbocycles. The van der Waals surface area contributed by atoms with Crippen LogP contribution in [0.15, 0.2) is 12.1 Å². The van der Waals surface area contributed by atoms with E-state index in [1.54, 1.807) is 17.9 Å². The summed E-state index contributed by atoms with van der Waals surface area (Å²) in [5, 5.41) is 0. The Bertz CT molecular complexity index is 637. The molecule has 1 aliphatic heterocycles. The lowest BCUT2D eigenvalue weighted by molar-refractivity contribution is -0.139. The van der Waals surface area contributed by atoms with Gasteiger partial charge in [-0.3, -0.25) is 4.79 Å². The molecular weight excluding hydrogens is 338 g/mol. The first kappa shape index (κ1) is 19.9. The van der Waals surface area contributed by atoms with Crippen molar-refractivity contribution in [2.24, 2.45) is 0 Å². The third-order valence-corrected chi connectivity index (χ3v) is 4.47. The number of carbonyl (C=O) groups is 2. The molecule has 26 heavy (non-hydrogen) atoms. The minimum absolute atomic E-state index is 0.167. The van der Waals surface area contributed by atoms with Gasteiger partial charge < -0.3 is 23.8 Å². The van der Waals surface area contributed by atoms with Gasteiger partial charge in [-0.05, 0) is 31.9 Å². The van der Waals surface area contributed by atoms with Crippen molar-refractivity contribution in [3.63, 3.8) is 0 Å². The Balaban J connectivity index is 2.14. The van der Waals surface area contributed by atoms with Gasteiger partial charge in [0.1, 0.15) is 5.56 Å². The fourth-order valence-corrected chi connectivity index (χ4v) is 3.08. The van der Waals surface area contributed by atoms with Crippen LogP contribution >= 0.6 is 0 Å². The number of likely N-dealkylation sites (tertiary alicyclic amines) is 1. The highest BCUT2D eigenvalue weighted by Gasteiger charge is 2.28. The number of hydrogen-bond acceptors (Lipinski definition) is 6. The average molecular weight is 365 g/mol. The molecule has 1 aromatic rings. The SMILES string of the molecule is COc1ccc(C(=O)OC(C)C(=O)N2CCCCCC2)c(OC)c1OC. The largest absolute Gasteiger partial charge is 0.493 e. The van der Waals surface area contributed by atoms with Gasteiger partial charge in [0.15, 0.2) is 17.6 Å². The molecule has 0 radical (unpaired) electrons. The summed E-state index contributed by atoms with van der Waals surface area (Å²) >= 11 is 0. The van der Waals surface area contributed by atoms with Gasteiger partial charge in [0, 0.05) is 13.1 Å². The molecule has 0 aromatic heterocycles. The summed E-state index contributed by atoms with van der Waals surface area (Å²) in [4.78, 5) is 26.9. The predicted octanol–water partition coefficient (Wildman–Crippen LogP) is 2.66. The molecule has 0 aliphatic carbocycles. The quantitative estimate of drug-likeness (QED) is 0.722. The molecule has 144 valence electrons. The Morgan fingerprint density at radius 2 is 1.54 bits per heavy atom. The predicted molar refractivity (Wildman–Crippen MR) is 96.0 cm³/mol. The third-order valence-electron chi connectivity index (χ3n) is 4.47. The first-order valence-corrected chi connectivity index (χ1v) is 8.82. The third kappa shape index (κ3) is 4.39. The van der Waals surface area contributed by atoms with Crippen LogP contribution in [0.3, 0.4) is 0 Å². The van der Waals surface area contributed by atoms with Crippen LogP contribution in [0.2, 0.25) is 0 Å². The molecule has 1 atom stereocenters. The van der Waals surface area contributed by atoms with Crippen LogP contribution in [0.25, 0.3) is 0 Å². The zero-order valence-corrected chi connectivity index (χ0v) is 15.9. The highest BCUT2D eigenvalue weighted by Crippen LogP contribution is 2.40. The average Bonchev–Trinajstić information content (AvgIpc) is 2.95. The van der Waals surface area contributed by atoms with Gasteiger partial charge in [-0.15, -0.1) is 0 Å². The van der Waals surface area contributed by atoms with Crippen molar-refractivity contribution in [1.29, 1.82) is 0 Å². The van der Waals surface area contributed by atoms with Crippen LogP contribution in [0.1, 0.15) is 43.0 Å². The molecule has 0 saturated carbocycles. The molecule has 0 bridgehead atoms. The molecule has 1 heterocycles. The second-order valence-electron chi connectivity index (χ2n) is 6.17. The zero-order chi connectivity index (χ0) is 19.1. The molecule has 1 saturated heterocycles. The number of amides is 1. The van der Waals surface area contributed by atoms with E-state index in [0.717, 1.165) is 25.7 Å². The number of rotatable bonds is 6. The van der Waals surface area contributed by atoms with Crippen molar-refractivity contribution in [2.75, 3.05) is 34.4 Å². The van der Waals surface area contributed by atoms with Crippen molar-refractivity contribution in [3.8, 4) is 17.2 Å². The van der Waals surface area contributed by atoms with E-state index >= 15 is 0 Å². The van der Waals surface area contributed by atoms with Gasteiger partial charge in [0.25, 0.3) is 5.91 Å². The summed E-state index contributed by atoms with van der Waals surface area (Å²) in [5.74, 6) is 0.148. The van der Waals surface area contributed by atoms with Gasteiger partial charge in [0.05, 0.1) is 21.3 Å². The molecule has 7 nitrogen and oxygen atoms in total. The van der Waals surface area contributed by atoms with Crippen LogP contribution in [0.5, 0.6) is 17.2 Å². The smallest absolute Gasteiger partial charge is 0.342 e. The fourth-order valence-electron chi connectivity index (χ4n) is 3.08. The van der Waals surface area contributed by atoms with Crippen LogP contribution < -0.4 is 14.2 Å². The van der Waals surface area contributed by atoms with Gasteiger partial charge in [0.2, 0.25) is 5.75 Å². The van der Waals surface area contributed by atoms with Crippen molar-refractivity contribution in [3.05, 3.63) is 17.7 Å². The second kappa shape index (κ2) is 9.31. The molecular formula is C19H27NO6. The molecule has 7 heteroatoms. The molecule has 0 spiro atoms. The lowest BCUT2D eigenvalue weighted by Gasteiger charge is -2.24. The van der Waals surface area contributed by atoms with Gasteiger partial charge in [-0.1, -0.05) is 12.8 Å². The van der Waals surface area contributed by atoms with E-state index in [1.165, 1.54) is 27.4 Å². The van der Waals surface area contributed by atoms with E-state index in [0.29, 0.717) is 24.6 Å². The normalized spacial score (nSPS) is 15.6. The standard InChI is InChI=1S/C19H27NO6/c1-13(18(21)20-11-7-5-6-8-12-20)26-19(22)14-9-10-15(23-2)17(25-4)16(14)24-3/h9-10,13H,5-8,11-12H2,1-4H3. The van der Waals surface area contributed by atoms with Crippen LogP contribution in [0, 0.1) is 0 Å². The maximum Gasteiger partial charge on any atom is 0.342 e. The van der Waals surface area contributed by atoms with E-state index < -0.39 is 12.1 Å². The van der Waals surface area contributed by atoms with Crippen molar-refractivity contribution in [1.82, 2.24) is 4.90 Å². The van der Waals surface area contributed by atoms with Gasteiger partial charge >= 0.3 is 5.97 Å². The summed E-state index contributed by atoms with van der Waals surface area (Å²) in [5.41, 5.74) is 0.181. The maximum absolute atomic E-state index is 12.6. The summed E-state index contributed by atoms with van der Waals surface area (Å²) < 4.78 is 21.2. The minimum atomic E-state index is -0.863. The Labute approximate surface area is 154 Å². The van der Waals surface area contributed by atoms with Crippen molar-refractivity contribution < 1.29 is 28.5 Å². The van der Waals surface area contributed by atoms with E-state index in [9.17, 15) is 9.59 Å². The van der Waals surface area contributed by atoms with Crippen LogP contribution in [-0.4, -0.2) is 57.3 Å². The van der Waals surface area contributed by atoms with Crippen LogP contribution in [0.4, 0.5) is 0 Å². The first-order chi connectivity index (χ1) is 12.5. The summed E-state index contributed by atoms with van der Waals surface area (Å²) in [6.45, 7) is 3.01. The molecule has 1 amide bonds. The summed E-state index contributed by atoms with van der Waals surface area (Å²) in [7, 11) is 4.39. The maximum atomic E-state index is 12.6. The zero-order valence-electron chi connectivity index (χ0n) is 15.9. The number of esters is 1. The highest BCUT2D eigenvalue weighted by atomic mass is 16.6. The van der Waals surface area contributed by atoms with E-state index in [2.05, 4.69) is 0 Å². The number of benzene rings is 1. The molecule has 0 N–H and O–H groups in total. The second-order valence-corrected chi connectivity index (χ2v) is 6.17. The van der Waals surface area contributed by atoms with Crippen molar-refractivity contribution >= 4 is 11.9 Å². The van der Waals surface area contributed by atoms with E-state index in [-0.39, 0.29) is 17.2 Å².